The topological polar surface area (TPSA) is 9.23 Å². The van der Waals surface area contributed by atoms with Crippen LogP contribution >= 0.6 is 0 Å². The smallest absolute Gasteiger partial charge is 0.0821 e. The second kappa shape index (κ2) is 5.11. The summed E-state index contributed by atoms with van der Waals surface area (Å²) in [5, 5.41) is 0. The van der Waals surface area contributed by atoms with Crippen molar-refractivity contribution >= 4 is 0 Å². The second-order valence-electron chi connectivity index (χ2n) is 9.35. The predicted molar refractivity (Wildman–Crippen MR) is 89.2 cm³/mol. The maximum Gasteiger partial charge on any atom is 0.0821 e. The molecule has 0 aromatic rings. The van der Waals surface area contributed by atoms with Gasteiger partial charge in [0.2, 0.25) is 0 Å². The molecule has 0 spiro atoms. The molecule has 3 rings (SSSR count). The summed E-state index contributed by atoms with van der Waals surface area (Å²) in [6.07, 6.45) is 7.02. The third kappa shape index (κ3) is 2.50. The van der Waals surface area contributed by atoms with E-state index in [1.807, 2.05) is 0 Å². The lowest BCUT2D eigenvalue weighted by Gasteiger charge is -2.54. The van der Waals surface area contributed by atoms with Crippen LogP contribution in [0.3, 0.4) is 0 Å². The number of rotatable bonds is 1. The molecular formula is C20H34O. The highest BCUT2D eigenvalue weighted by Crippen LogP contribution is 2.57. The normalized spacial score (nSPS) is 42.0. The lowest BCUT2D eigenvalue weighted by molar-refractivity contribution is -0.0185. The van der Waals surface area contributed by atoms with Crippen molar-refractivity contribution in [3.05, 3.63) is 11.1 Å². The van der Waals surface area contributed by atoms with Crippen LogP contribution in [0.1, 0.15) is 73.6 Å². The Balaban J connectivity index is 1.98. The first-order valence-corrected chi connectivity index (χ1v) is 9.07. The fourth-order valence-corrected chi connectivity index (χ4v) is 5.55. The fraction of sp³-hybridized carbons (Fsp3) is 0.900. The van der Waals surface area contributed by atoms with Gasteiger partial charge in [-0.3, -0.25) is 0 Å². The molecule has 0 bridgehead atoms. The minimum Gasteiger partial charge on any atom is -0.373 e. The Labute approximate surface area is 131 Å². The zero-order valence-electron chi connectivity index (χ0n) is 15.0. The summed E-state index contributed by atoms with van der Waals surface area (Å²) in [6.45, 7) is 15.7. The van der Waals surface area contributed by atoms with Crippen LogP contribution in [0.15, 0.2) is 11.1 Å². The molecule has 0 aromatic heterocycles. The van der Waals surface area contributed by atoms with Crippen LogP contribution in [0.4, 0.5) is 0 Å². The summed E-state index contributed by atoms with van der Waals surface area (Å²) in [5.74, 6) is 2.38. The van der Waals surface area contributed by atoms with Crippen molar-refractivity contribution in [2.24, 2.45) is 28.6 Å². The van der Waals surface area contributed by atoms with Crippen LogP contribution in [0, 0.1) is 28.6 Å². The SMILES string of the molecule is CC1CCC(C2OCCC3=C2C(C)(C)C(C)C(C)(C)C3)C1. The van der Waals surface area contributed by atoms with E-state index in [0.29, 0.717) is 17.4 Å². The highest BCUT2D eigenvalue weighted by atomic mass is 16.5. The van der Waals surface area contributed by atoms with Gasteiger partial charge in [0.1, 0.15) is 0 Å². The molecule has 4 unspecified atom stereocenters. The van der Waals surface area contributed by atoms with Crippen LogP contribution < -0.4 is 0 Å². The van der Waals surface area contributed by atoms with Gasteiger partial charge in [-0.25, -0.2) is 0 Å². The molecule has 0 aromatic carbocycles. The largest absolute Gasteiger partial charge is 0.373 e. The van der Waals surface area contributed by atoms with Gasteiger partial charge < -0.3 is 4.74 Å². The first-order chi connectivity index (χ1) is 9.73. The Morgan fingerprint density at radius 3 is 2.38 bits per heavy atom. The average molecular weight is 290 g/mol. The highest BCUT2D eigenvalue weighted by Gasteiger charge is 2.50. The standard InChI is InChI=1S/C20H34O/c1-13-7-8-15(11-13)18-17-16(9-10-21-18)12-19(3,4)14(2)20(17,5)6/h13-15,18H,7-12H2,1-6H3. The van der Waals surface area contributed by atoms with E-state index >= 15 is 0 Å². The molecule has 0 amide bonds. The Hall–Kier alpha value is -0.300. The monoisotopic (exact) mass is 290 g/mol. The van der Waals surface area contributed by atoms with Crippen molar-refractivity contribution in [1.29, 1.82) is 0 Å². The maximum atomic E-state index is 6.37. The lowest BCUT2D eigenvalue weighted by Crippen LogP contribution is -2.47. The molecule has 120 valence electrons. The van der Waals surface area contributed by atoms with Gasteiger partial charge in [0, 0.05) is 0 Å². The van der Waals surface area contributed by atoms with Gasteiger partial charge in [0.05, 0.1) is 12.7 Å². The van der Waals surface area contributed by atoms with E-state index in [4.69, 9.17) is 4.74 Å². The molecule has 1 nitrogen and oxygen atoms in total. The summed E-state index contributed by atoms with van der Waals surface area (Å²) in [6, 6.07) is 0. The summed E-state index contributed by atoms with van der Waals surface area (Å²) in [5.41, 5.74) is 4.17. The van der Waals surface area contributed by atoms with Crippen molar-refractivity contribution in [3.63, 3.8) is 0 Å². The number of hydrogen-bond donors (Lipinski definition) is 0. The van der Waals surface area contributed by atoms with E-state index < -0.39 is 0 Å². The van der Waals surface area contributed by atoms with Crippen LogP contribution in [-0.4, -0.2) is 12.7 Å². The van der Waals surface area contributed by atoms with Gasteiger partial charge in [-0.15, -0.1) is 0 Å². The second-order valence-corrected chi connectivity index (χ2v) is 9.35. The predicted octanol–water partition coefficient (Wildman–Crippen LogP) is 5.60. The van der Waals surface area contributed by atoms with Crippen molar-refractivity contribution in [2.75, 3.05) is 6.61 Å². The third-order valence-corrected chi connectivity index (χ3v) is 7.15. The van der Waals surface area contributed by atoms with Gasteiger partial charge >= 0.3 is 0 Å². The van der Waals surface area contributed by atoms with E-state index in [1.54, 1.807) is 11.1 Å². The van der Waals surface area contributed by atoms with Gasteiger partial charge in [0.15, 0.2) is 0 Å². The molecular weight excluding hydrogens is 256 g/mol. The molecule has 4 atom stereocenters. The number of ether oxygens (including phenoxy) is 1. The molecule has 3 aliphatic rings. The first kappa shape index (κ1) is 15.6. The minimum absolute atomic E-state index is 0.286. The first-order valence-electron chi connectivity index (χ1n) is 9.07. The van der Waals surface area contributed by atoms with E-state index in [-0.39, 0.29) is 5.41 Å². The molecule has 1 fully saturated rings. The zero-order chi connectivity index (χ0) is 15.4. The van der Waals surface area contributed by atoms with E-state index in [0.717, 1.165) is 18.4 Å². The number of hydrogen-bond acceptors (Lipinski definition) is 1. The van der Waals surface area contributed by atoms with Crippen molar-refractivity contribution in [3.8, 4) is 0 Å². The van der Waals surface area contributed by atoms with Crippen LogP contribution in [0.2, 0.25) is 0 Å². The fourth-order valence-electron chi connectivity index (χ4n) is 5.55. The maximum absolute atomic E-state index is 6.37. The molecule has 0 radical (unpaired) electrons. The van der Waals surface area contributed by atoms with Gasteiger partial charge in [-0.2, -0.15) is 0 Å². The van der Waals surface area contributed by atoms with Crippen LogP contribution in [-0.2, 0) is 4.74 Å². The van der Waals surface area contributed by atoms with E-state index in [9.17, 15) is 0 Å². The van der Waals surface area contributed by atoms with E-state index in [1.165, 1.54) is 32.1 Å². The summed E-state index contributed by atoms with van der Waals surface area (Å²) < 4.78 is 6.37. The summed E-state index contributed by atoms with van der Waals surface area (Å²) in [4.78, 5) is 0. The molecule has 1 aliphatic heterocycles. The van der Waals surface area contributed by atoms with E-state index in [2.05, 4.69) is 41.5 Å². The van der Waals surface area contributed by atoms with Gasteiger partial charge in [-0.05, 0) is 59.8 Å². The molecule has 0 N–H and O–H groups in total. The Kier molecular flexibility index (Phi) is 3.80. The molecule has 0 saturated heterocycles. The molecule has 1 heterocycles. The van der Waals surface area contributed by atoms with Crippen LogP contribution in [0.25, 0.3) is 0 Å². The Morgan fingerprint density at radius 2 is 1.76 bits per heavy atom. The summed E-state index contributed by atoms with van der Waals surface area (Å²) >= 11 is 0. The highest BCUT2D eigenvalue weighted by molar-refractivity contribution is 5.33. The zero-order valence-corrected chi connectivity index (χ0v) is 15.0. The van der Waals surface area contributed by atoms with Crippen LogP contribution in [0.5, 0.6) is 0 Å². The van der Waals surface area contributed by atoms with Crippen molar-refractivity contribution < 1.29 is 4.74 Å². The molecule has 1 heteroatoms. The molecule has 2 aliphatic carbocycles. The quantitative estimate of drug-likeness (QED) is 0.571. The molecule has 1 saturated carbocycles. The molecule has 21 heavy (non-hydrogen) atoms. The Bertz CT molecular complexity index is 443. The van der Waals surface area contributed by atoms with Gasteiger partial charge in [-0.1, -0.05) is 53.5 Å². The summed E-state index contributed by atoms with van der Waals surface area (Å²) in [7, 11) is 0. The Morgan fingerprint density at radius 1 is 1.05 bits per heavy atom. The van der Waals surface area contributed by atoms with Crippen molar-refractivity contribution in [1.82, 2.24) is 0 Å². The van der Waals surface area contributed by atoms with Crippen molar-refractivity contribution in [2.45, 2.75) is 79.8 Å². The average Bonchev–Trinajstić information content (AvgIpc) is 2.82. The van der Waals surface area contributed by atoms with Gasteiger partial charge in [0.25, 0.3) is 0 Å². The third-order valence-electron chi connectivity index (χ3n) is 7.15. The minimum atomic E-state index is 0.286. The lowest BCUT2D eigenvalue weighted by atomic mass is 9.53.